The van der Waals surface area contributed by atoms with Crippen molar-refractivity contribution in [1.29, 1.82) is 0 Å². The van der Waals surface area contributed by atoms with Crippen molar-refractivity contribution in [2.75, 3.05) is 0 Å². The van der Waals surface area contributed by atoms with Crippen molar-refractivity contribution in [3.63, 3.8) is 0 Å². The molecular weight excluding hydrogens is 241 g/mol. The molecule has 0 fully saturated rings. The van der Waals surface area contributed by atoms with Crippen LogP contribution in [0.3, 0.4) is 0 Å². The number of halogens is 2. The summed E-state index contributed by atoms with van der Waals surface area (Å²) in [6, 6.07) is 3.88. The molecule has 1 atom stereocenters. The zero-order chi connectivity index (χ0) is 13.2. The first-order chi connectivity index (χ1) is 7.71. The highest BCUT2D eigenvalue weighted by molar-refractivity contribution is 6.31. The van der Waals surface area contributed by atoms with E-state index in [0.717, 1.165) is 0 Å². The summed E-state index contributed by atoms with van der Waals surface area (Å²) in [4.78, 5) is 11.9. The minimum absolute atomic E-state index is 0.0198. The van der Waals surface area contributed by atoms with Crippen LogP contribution in [0.2, 0.25) is 5.02 Å². The third-order valence-electron chi connectivity index (χ3n) is 2.82. The minimum Gasteiger partial charge on any atom is -0.349 e. The molecule has 1 N–H and O–H groups in total. The first-order valence-corrected chi connectivity index (χ1v) is 5.85. The van der Waals surface area contributed by atoms with Crippen LogP contribution in [0.1, 0.15) is 38.1 Å². The first-order valence-electron chi connectivity index (χ1n) is 5.47. The van der Waals surface area contributed by atoms with Gasteiger partial charge in [0.25, 0.3) is 5.91 Å². The molecule has 17 heavy (non-hydrogen) atoms. The van der Waals surface area contributed by atoms with Gasteiger partial charge in [-0.3, -0.25) is 4.79 Å². The van der Waals surface area contributed by atoms with E-state index in [-0.39, 0.29) is 17.0 Å². The van der Waals surface area contributed by atoms with Gasteiger partial charge in [-0.2, -0.15) is 0 Å². The summed E-state index contributed by atoms with van der Waals surface area (Å²) in [5.41, 5.74) is -0.0985. The highest BCUT2D eigenvalue weighted by Crippen LogP contribution is 2.20. The molecule has 0 radical (unpaired) electrons. The van der Waals surface area contributed by atoms with Gasteiger partial charge in [0.1, 0.15) is 5.82 Å². The van der Waals surface area contributed by atoms with Crippen LogP contribution < -0.4 is 5.32 Å². The Morgan fingerprint density at radius 1 is 1.41 bits per heavy atom. The van der Waals surface area contributed by atoms with Gasteiger partial charge in [0, 0.05) is 11.1 Å². The quantitative estimate of drug-likeness (QED) is 0.861. The Morgan fingerprint density at radius 2 is 2.00 bits per heavy atom. The zero-order valence-corrected chi connectivity index (χ0v) is 11.2. The first kappa shape index (κ1) is 14.0. The number of rotatable bonds is 2. The van der Waals surface area contributed by atoms with E-state index in [0.29, 0.717) is 5.02 Å². The number of carbonyl (C=O) groups is 1. The molecule has 0 saturated carbocycles. The standard InChI is InChI=1S/C13H17ClFNO/c1-8(13(2,3)4)16-12(17)10-7-9(14)5-6-11(10)15/h5-8H,1-4H3,(H,16,17). The van der Waals surface area contributed by atoms with Crippen LogP contribution in [0.25, 0.3) is 0 Å². The highest BCUT2D eigenvalue weighted by atomic mass is 35.5. The van der Waals surface area contributed by atoms with E-state index in [1.165, 1.54) is 18.2 Å². The van der Waals surface area contributed by atoms with Crippen LogP contribution in [0.4, 0.5) is 4.39 Å². The Hall–Kier alpha value is -1.09. The van der Waals surface area contributed by atoms with Crippen molar-refractivity contribution in [1.82, 2.24) is 5.32 Å². The lowest BCUT2D eigenvalue weighted by atomic mass is 9.88. The summed E-state index contributed by atoms with van der Waals surface area (Å²) in [6.07, 6.45) is 0. The fraction of sp³-hybridized carbons (Fsp3) is 0.462. The third-order valence-corrected chi connectivity index (χ3v) is 3.05. The molecule has 94 valence electrons. The smallest absolute Gasteiger partial charge is 0.254 e. The number of benzene rings is 1. The molecular formula is C13H17ClFNO. The normalized spacial score (nSPS) is 13.3. The number of hydrogen-bond acceptors (Lipinski definition) is 1. The zero-order valence-electron chi connectivity index (χ0n) is 10.5. The molecule has 1 rings (SSSR count). The molecule has 0 aliphatic heterocycles. The molecule has 0 aliphatic carbocycles. The lowest BCUT2D eigenvalue weighted by Crippen LogP contribution is -2.41. The van der Waals surface area contributed by atoms with E-state index < -0.39 is 11.7 Å². The molecule has 2 nitrogen and oxygen atoms in total. The second-order valence-corrected chi connectivity index (χ2v) is 5.62. The third kappa shape index (κ3) is 3.70. The van der Waals surface area contributed by atoms with Gasteiger partial charge in [-0.1, -0.05) is 32.4 Å². The van der Waals surface area contributed by atoms with Crippen LogP contribution in [0.15, 0.2) is 18.2 Å². The van der Waals surface area contributed by atoms with Crippen molar-refractivity contribution in [3.05, 3.63) is 34.6 Å². The summed E-state index contributed by atoms with van der Waals surface area (Å²) in [6.45, 7) is 7.91. The van der Waals surface area contributed by atoms with E-state index >= 15 is 0 Å². The second-order valence-electron chi connectivity index (χ2n) is 5.19. The maximum Gasteiger partial charge on any atom is 0.254 e. The van der Waals surface area contributed by atoms with E-state index in [9.17, 15) is 9.18 Å². The molecule has 0 saturated heterocycles. The van der Waals surface area contributed by atoms with Gasteiger partial charge in [-0.15, -0.1) is 0 Å². The van der Waals surface area contributed by atoms with Gasteiger partial charge >= 0.3 is 0 Å². The Bertz CT molecular complexity index is 426. The molecule has 4 heteroatoms. The molecule has 0 aliphatic rings. The largest absolute Gasteiger partial charge is 0.349 e. The highest BCUT2D eigenvalue weighted by Gasteiger charge is 2.23. The van der Waals surface area contributed by atoms with Gasteiger partial charge in [0.05, 0.1) is 5.56 Å². The fourth-order valence-corrected chi connectivity index (χ4v) is 1.33. The summed E-state index contributed by atoms with van der Waals surface area (Å²) >= 11 is 5.74. The lowest BCUT2D eigenvalue weighted by Gasteiger charge is -2.28. The van der Waals surface area contributed by atoms with Gasteiger partial charge in [-0.25, -0.2) is 4.39 Å². The van der Waals surface area contributed by atoms with Crippen LogP contribution in [0.5, 0.6) is 0 Å². The molecule has 0 heterocycles. The number of carbonyl (C=O) groups excluding carboxylic acids is 1. The van der Waals surface area contributed by atoms with E-state index in [1.807, 2.05) is 27.7 Å². The lowest BCUT2D eigenvalue weighted by molar-refractivity contribution is 0.0906. The molecule has 1 unspecified atom stereocenters. The number of nitrogens with one attached hydrogen (secondary N) is 1. The van der Waals surface area contributed by atoms with Crippen molar-refractivity contribution in [2.45, 2.75) is 33.7 Å². The Kier molecular flexibility index (Phi) is 4.15. The van der Waals surface area contributed by atoms with Crippen molar-refractivity contribution < 1.29 is 9.18 Å². The van der Waals surface area contributed by atoms with Crippen molar-refractivity contribution >= 4 is 17.5 Å². The maximum absolute atomic E-state index is 13.4. The molecule has 1 aromatic carbocycles. The molecule has 0 bridgehead atoms. The predicted molar refractivity (Wildman–Crippen MR) is 67.8 cm³/mol. The molecule has 0 spiro atoms. The van der Waals surface area contributed by atoms with Gasteiger partial charge in [0.2, 0.25) is 0 Å². The van der Waals surface area contributed by atoms with Gasteiger partial charge < -0.3 is 5.32 Å². The minimum atomic E-state index is -0.562. The van der Waals surface area contributed by atoms with Crippen molar-refractivity contribution in [3.8, 4) is 0 Å². The summed E-state index contributed by atoms with van der Waals surface area (Å²) in [7, 11) is 0. The summed E-state index contributed by atoms with van der Waals surface area (Å²) in [5, 5.41) is 3.11. The number of amides is 1. The van der Waals surface area contributed by atoms with Crippen LogP contribution in [-0.4, -0.2) is 11.9 Å². The van der Waals surface area contributed by atoms with Crippen LogP contribution in [-0.2, 0) is 0 Å². The Morgan fingerprint density at radius 3 is 2.53 bits per heavy atom. The second kappa shape index (κ2) is 5.05. The average molecular weight is 258 g/mol. The van der Waals surface area contributed by atoms with E-state index in [4.69, 9.17) is 11.6 Å². The number of hydrogen-bond donors (Lipinski definition) is 1. The van der Waals surface area contributed by atoms with Crippen molar-refractivity contribution in [2.24, 2.45) is 5.41 Å². The topological polar surface area (TPSA) is 29.1 Å². The summed E-state index contributed by atoms with van der Waals surface area (Å²) < 4.78 is 13.4. The van der Waals surface area contributed by atoms with E-state index in [2.05, 4.69) is 5.32 Å². The van der Waals surface area contributed by atoms with Gasteiger partial charge in [0.15, 0.2) is 0 Å². The van der Waals surface area contributed by atoms with Crippen LogP contribution in [0, 0.1) is 11.2 Å². The Labute approximate surface area is 106 Å². The molecule has 1 amide bonds. The monoisotopic (exact) mass is 257 g/mol. The Balaban J connectivity index is 2.87. The van der Waals surface area contributed by atoms with Crippen LogP contribution >= 0.6 is 11.6 Å². The van der Waals surface area contributed by atoms with Gasteiger partial charge in [-0.05, 0) is 30.5 Å². The summed E-state index contributed by atoms with van der Waals surface area (Å²) in [5.74, 6) is -1.000. The average Bonchev–Trinajstić information content (AvgIpc) is 2.20. The maximum atomic E-state index is 13.4. The fourth-order valence-electron chi connectivity index (χ4n) is 1.16. The SMILES string of the molecule is CC(NC(=O)c1cc(Cl)ccc1F)C(C)(C)C. The molecule has 0 aromatic heterocycles. The predicted octanol–water partition coefficient (Wildman–Crippen LogP) is 3.64. The van der Waals surface area contributed by atoms with E-state index in [1.54, 1.807) is 0 Å². The molecule has 1 aromatic rings.